The summed E-state index contributed by atoms with van der Waals surface area (Å²) in [5, 5.41) is 7.48. The minimum absolute atomic E-state index is 0.0419. The van der Waals surface area contributed by atoms with E-state index in [-0.39, 0.29) is 6.04 Å². The van der Waals surface area contributed by atoms with Gasteiger partial charge in [0.15, 0.2) is 0 Å². The lowest BCUT2D eigenvalue weighted by Gasteiger charge is -2.52. The molecule has 4 aliphatic heterocycles. The Labute approximate surface area is 156 Å². The van der Waals surface area contributed by atoms with Gasteiger partial charge in [0.2, 0.25) is 0 Å². The number of hydrogen-bond donors (Lipinski definition) is 2. The van der Waals surface area contributed by atoms with Crippen molar-refractivity contribution >= 4 is 28.5 Å². The van der Waals surface area contributed by atoms with E-state index in [0.717, 1.165) is 22.8 Å². The largest absolute Gasteiger partial charge is 0.364 e. The molecule has 5 heterocycles. The molecule has 1 aromatic rings. The fourth-order valence-corrected chi connectivity index (χ4v) is 6.04. The van der Waals surface area contributed by atoms with Gasteiger partial charge in [0.25, 0.3) is 5.91 Å². The van der Waals surface area contributed by atoms with Crippen molar-refractivity contribution < 1.29 is 4.79 Å². The summed E-state index contributed by atoms with van der Waals surface area (Å²) in [6.45, 7) is 5.36. The molecule has 3 atom stereocenters. The van der Waals surface area contributed by atoms with Crippen molar-refractivity contribution in [1.82, 2.24) is 15.3 Å². The molecular weight excluding hydrogens is 346 g/mol. The van der Waals surface area contributed by atoms with E-state index in [9.17, 15) is 4.79 Å². The number of fused-ring (bicyclic) bond motifs is 5. The molecule has 7 heteroatoms. The quantitative estimate of drug-likeness (QED) is 0.847. The number of aromatic nitrogens is 1. The summed E-state index contributed by atoms with van der Waals surface area (Å²) >= 11 is 1.65. The topological polar surface area (TPSA) is 83.6 Å². The van der Waals surface area contributed by atoms with Crippen LogP contribution >= 0.6 is 11.3 Å². The summed E-state index contributed by atoms with van der Waals surface area (Å²) in [4.78, 5) is 19.4. The maximum atomic E-state index is 12.2. The number of hydrazone groups is 1. The van der Waals surface area contributed by atoms with E-state index < -0.39 is 11.3 Å². The second-order valence-corrected chi connectivity index (χ2v) is 8.72. The van der Waals surface area contributed by atoms with Crippen LogP contribution in [0.15, 0.2) is 28.7 Å². The maximum Gasteiger partial charge on any atom is 0.265 e. The maximum absolute atomic E-state index is 12.2. The van der Waals surface area contributed by atoms with Crippen molar-refractivity contribution in [1.29, 1.82) is 0 Å². The summed E-state index contributed by atoms with van der Waals surface area (Å²) in [5.74, 6) is 0.569. The average molecular weight is 369 g/mol. The molecule has 6 nitrogen and oxygen atoms in total. The fraction of sp³-hybridized carbons (Fsp3) is 0.526. The minimum atomic E-state index is -0.439. The number of piperidine rings is 3. The Bertz CT molecular complexity index is 848. The standard InChI is InChI=1S/C19H23N5OS/c1-11-10-26-18(21-11)13-2-5-19(14-9-24-6-3-12(14)4-7-24)15(8-13)22-23-16(19)17(20)25/h2,5,8,10,12,14-15,22H,3-4,6-7,9H2,1H3,(H2,20,25)/t14-,15?,19?/m1/s1. The number of amides is 1. The monoisotopic (exact) mass is 369 g/mol. The minimum Gasteiger partial charge on any atom is -0.364 e. The van der Waals surface area contributed by atoms with Gasteiger partial charge in [0, 0.05) is 23.2 Å². The Morgan fingerprint density at radius 1 is 1.42 bits per heavy atom. The molecule has 0 radical (unpaired) electrons. The Balaban J connectivity index is 1.56. The van der Waals surface area contributed by atoms with Crippen LogP contribution in [-0.4, -0.2) is 47.2 Å². The zero-order valence-corrected chi connectivity index (χ0v) is 15.6. The molecule has 5 aliphatic rings. The molecule has 0 spiro atoms. The molecule has 6 rings (SSSR count). The first-order valence-corrected chi connectivity index (χ1v) is 10.2. The molecule has 2 bridgehead atoms. The first-order valence-electron chi connectivity index (χ1n) is 9.27. The van der Waals surface area contributed by atoms with Crippen molar-refractivity contribution in [3.63, 3.8) is 0 Å². The number of primary amides is 1. The Kier molecular flexibility index (Phi) is 3.59. The summed E-state index contributed by atoms with van der Waals surface area (Å²) in [5.41, 5.74) is 11.1. The molecule has 0 saturated carbocycles. The second-order valence-electron chi connectivity index (χ2n) is 7.86. The van der Waals surface area contributed by atoms with Crippen LogP contribution in [0.3, 0.4) is 0 Å². The van der Waals surface area contributed by atoms with Crippen LogP contribution in [0.1, 0.15) is 23.5 Å². The van der Waals surface area contributed by atoms with Crippen molar-refractivity contribution in [2.45, 2.75) is 25.8 Å². The van der Waals surface area contributed by atoms with Gasteiger partial charge in [0.1, 0.15) is 10.7 Å². The smallest absolute Gasteiger partial charge is 0.265 e. The van der Waals surface area contributed by atoms with Gasteiger partial charge in [-0.25, -0.2) is 4.98 Å². The molecule has 26 heavy (non-hydrogen) atoms. The summed E-state index contributed by atoms with van der Waals surface area (Å²) in [7, 11) is 0. The van der Waals surface area contributed by atoms with E-state index in [2.05, 4.69) is 44.0 Å². The molecule has 2 unspecified atom stereocenters. The highest BCUT2D eigenvalue weighted by atomic mass is 32.1. The van der Waals surface area contributed by atoms with Crippen molar-refractivity contribution in [3.05, 3.63) is 34.3 Å². The molecule has 136 valence electrons. The lowest BCUT2D eigenvalue weighted by molar-refractivity contribution is -0.112. The number of carbonyl (C=O) groups is 1. The normalized spacial score (nSPS) is 37.7. The number of nitrogens with one attached hydrogen (secondary N) is 1. The summed E-state index contributed by atoms with van der Waals surface area (Å²) < 4.78 is 0. The Hall–Kier alpha value is -1.99. The van der Waals surface area contributed by atoms with Gasteiger partial charge in [0.05, 0.1) is 11.5 Å². The lowest BCUT2D eigenvalue weighted by atomic mass is 9.57. The van der Waals surface area contributed by atoms with Crippen LogP contribution < -0.4 is 11.2 Å². The molecule has 1 amide bonds. The molecule has 3 saturated heterocycles. The number of nitrogens with two attached hydrogens (primary N) is 1. The highest BCUT2D eigenvalue weighted by Gasteiger charge is 2.57. The van der Waals surface area contributed by atoms with E-state index in [1.165, 1.54) is 25.9 Å². The van der Waals surface area contributed by atoms with Gasteiger partial charge in [-0.3, -0.25) is 4.79 Å². The van der Waals surface area contributed by atoms with E-state index in [1.54, 1.807) is 11.3 Å². The first-order chi connectivity index (χ1) is 12.6. The van der Waals surface area contributed by atoms with E-state index in [4.69, 9.17) is 5.73 Å². The zero-order valence-electron chi connectivity index (χ0n) is 14.8. The van der Waals surface area contributed by atoms with Gasteiger partial charge in [-0.1, -0.05) is 12.2 Å². The van der Waals surface area contributed by atoms with E-state index in [0.29, 0.717) is 17.5 Å². The van der Waals surface area contributed by atoms with Crippen LogP contribution in [0.25, 0.3) is 5.57 Å². The number of allylic oxidation sites excluding steroid dienone is 2. The molecule has 0 aromatic carbocycles. The van der Waals surface area contributed by atoms with Crippen LogP contribution in [0.4, 0.5) is 0 Å². The number of carbonyl (C=O) groups excluding carboxylic acids is 1. The van der Waals surface area contributed by atoms with Gasteiger partial charge in [-0.15, -0.1) is 11.3 Å². The SMILES string of the molecule is Cc1csc(C2=CC3NN=C(C(N)=O)C3([C@@H]3CN4CCC3CC4)C=C2)n1. The van der Waals surface area contributed by atoms with Crippen LogP contribution in [0.5, 0.6) is 0 Å². The van der Waals surface area contributed by atoms with Gasteiger partial charge >= 0.3 is 0 Å². The number of aryl methyl sites for hydroxylation is 1. The third kappa shape index (κ3) is 2.23. The van der Waals surface area contributed by atoms with Gasteiger partial charge in [-0.05, 0) is 50.8 Å². The molecular formula is C19H23N5OS. The predicted octanol–water partition coefficient (Wildman–Crippen LogP) is 1.55. The predicted molar refractivity (Wildman–Crippen MR) is 103 cm³/mol. The van der Waals surface area contributed by atoms with Crippen LogP contribution in [0.2, 0.25) is 0 Å². The second kappa shape index (κ2) is 5.76. The average Bonchev–Trinajstić information content (AvgIpc) is 3.26. The third-order valence-corrected chi connectivity index (χ3v) is 7.50. The first kappa shape index (κ1) is 16.2. The Morgan fingerprint density at radius 3 is 2.85 bits per heavy atom. The third-order valence-electron chi connectivity index (χ3n) is 6.49. The molecule has 1 aliphatic carbocycles. The summed E-state index contributed by atoms with van der Waals surface area (Å²) in [6, 6.07) is -0.0419. The lowest BCUT2D eigenvalue weighted by Crippen LogP contribution is -2.60. The van der Waals surface area contributed by atoms with Crippen LogP contribution in [0, 0.1) is 24.2 Å². The van der Waals surface area contributed by atoms with Crippen molar-refractivity contribution in [3.8, 4) is 0 Å². The Morgan fingerprint density at radius 2 is 2.23 bits per heavy atom. The fourth-order valence-electron chi connectivity index (χ4n) is 5.24. The molecule has 3 fully saturated rings. The van der Waals surface area contributed by atoms with Crippen LogP contribution in [-0.2, 0) is 4.79 Å². The van der Waals surface area contributed by atoms with Crippen molar-refractivity contribution in [2.24, 2.45) is 28.1 Å². The highest BCUT2D eigenvalue weighted by molar-refractivity contribution is 7.10. The van der Waals surface area contributed by atoms with Gasteiger partial charge in [-0.2, -0.15) is 5.10 Å². The van der Waals surface area contributed by atoms with Crippen molar-refractivity contribution in [2.75, 3.05) is 19.6 Å². The molecule has 3 N–H and O–H groups in total. The number of rotatable bonds is 3. The number of hydrogen-bond acceptors (Lipinski definition) is 6. The van der Waals surface area contributed by atoms with Gasteiger partial charge < -0.3 is 16.1 Å². The number of nitrogens with zero attached hydrogens (tertiary/aromatic N) is 3. The van der Waals surface area contributed by atoms with E-state index >= 15 is 0 Å². The summed E-state index contributed by atoms with van der Waals surface area (Å²) in [6.07, 6.45) is 8.90. The zero-order chi connectivity index (χ0) is 17.9. The number of thiazole rings is 1. The highest BCUT2D eigenvalue weighted by Crippen LogP contribution is 2.51. The van der Waals surface area contributed by atoms with E-state index in [1.807, 2.05) is 6.92 Å². The molecule has 1 aromatic heterocycles.